The summed E-state index contributed by atoms with van der Waals surface area (Å²) in [7, 11) is 0. The molecule has 7 heteroatoms. The van der Waals surface area contributed by atoms with E-state index in [1.54, 1.807) is 31.7 Å². The molecule has 6 nitrogen and oxygen atoms in total. The lowest BCUT2D eigenvalue weighted by Gasteiger charge is -2.25. The van der Waals surface area contributed by atoms with Crippen LogP contribution in [0.25, 0.3) is 10.8 Å². The third kappa shape index (κ3) is 4.27. The summed E-state index contributed by atoms with van der Waals surface area (Å²) in [6.07, 6.45) is -0.547. The van der Waals surface area contributed by atoms with Gasteiger partial charge in [-0.15, -0.1) is 0 Å². The van der Waals surface area contributed by atoms with Crippen LogP contribution in [0.2, 0.25) is 0 Å². The van der Waals surface area contributed by atoms with Crippen LogP contribution < -0.4 is 10.2 Å². The van der Waals surface area contributed by atoms with Gasteiger partial charge < -0.3 is 15.0 Å². The fraction of sp³-hybridized carbons (Fsp3) is 0.240. The van der Waals surface area contributed by atoms with Gasteiger partial charge in [0.05, 0.1) is 16.8 Å². The van der Waals surface area contributed by atoms with Crippen molar-refractivity contribution in [3.63, 3.8) is 0 Å². The van der Waals surface area contributed by atoms with Gasteiger partial charge in [0.15, 0.2) is 0 Å². The first-order chi connectivity index (χ1) is 15.3. The highest BCUT2D eigenvalue weighted by Crippen LogP contribution is 2.45. The molecule has 3 aromatic carbocycles. The lowest BCUT2D eigenvalue weighted by molar-refractivity contribution is 0.0528. The van der Waals surface area contributed by atoms with Crippen molar-refractivity contribution >= 4 is 40.2 Å². The van der Waals surface area contributed by atoms with Gasteiger partial charge in [-0.25, -0.2) is 4.79 Å². The van der Waals surface area contributed by atoms with Crippen LogP contribution in [0.1, 0.15) is 36.7 Å². The maximum atomic E-state index is 13.7. The van der Waals surface area contributed by atoms with Gasteiger partial charge in [0, 0.05) is 22.9 Å². The van der Waals surface area contributed by atoms with Crippen molar-refractivity contribution in [1.29, 1.82) is 5.26 Å². The van der Waals surface area contributed by atoms with E-state index in [1.807, 2.05) is 48.5 Å². The average Bonchev–Trinajstić information content (AvgIpc) is 2.87. The molecule has 1 aliphatic rings. The summed E-state index contributed by atoms with van der Waals surface area (Å²) in [6.45, 7) is 5.76. The number of ether oxygens (including phenoxy) is 1. The standard InChI is InChI=1S/C25H23N3O3S/c1-25(2,3)31-24(30)27-13-14-28-21-17(15-26)8-6-10-20(21)32-22-18-9-5-4-7-16(18)11-12-19(22)23(28)29/h4-12H,13-14H2,1-3H3,(H,27,30). The summed E-state index contributed by atoms with van der Waals surface area (Å²) >= 11 is 1.49. The lowest BCUT2D eigenvalue weighted by Crippen LogP contribution is -2.40. The predicted molar refractivity (Wildman–Crippen MR) is 125 cm³/mol. The molecule has 1 N–H and O–H groups in total. The number of nitriles is 1. The van der Waals surface area contributed by atoms with Crippen LogP contribution in [0.3, 0.4) is 0 Å². The molecule has 0 saturated heterocycles. The number of hydrogen-bond acceptors (Lipinski definition) is 5. The Bertz CT molecular complexity index is 1260. The van der Waals surface area contributed by atoms with E-state index in [-0.39, 0.29) is 19.0 Å². The molecule has 4 rings (SSSR count). The summed E-state index contributed by atoms with van der Waals surface area (Å²) in [5.74, 6) is -0.203. The SMILES string of the molecule is CC(C)(C)OC(=O)NCCN1C(=O)c2ccc3ccccc3c2Sc2cccc(C#N)c21. The monoisotopic (exact) mass is 445 g/mol. The number of para-hydroxylation sites is 1. The highest BCUT2D eigenvalue weighted by Gasteiger charge is 2.30. The summed E-state index contributed by atoms with van der Waals surface area (Å²) in [4.78, 5) is 29.0. The number of hydrogen-bond donors (Lipinski definition) is 1. The highest BCUT2D eigenvalue weighted by molar-refractivity contribution is 7.99. The van der Waals surface area contributed by atoms with E-state index in [1.165, 1.54) is 11.8 Å². The second-order valence-corrected chi connectivity index (χ2v) is 9.47. The Kier molecular flexibility index (Phi) is 5.81. The number of fused-ring (bicyclic) bond motifs is 4. The van der Waals surface area contributed by atoms with E-state index in [2.05, 4.69) is 11.4 Å². The van der Waals surface area contributed by atoms with Crippen LogP contribution in [0.5, 0.6) is 0 Å². The molecule has 1 aliphatic heterocycles. The maximum absolute atomic E-state index is 13.7. The van der Waals surface area contributed by atoms with Crippen molar-refractivity contribution in [2.75, 3.05) is 18.0 Å². The van der Waals surface area contributed by atoms with Gasteiger partial charge in [-0.2, -0.15) is 5.26 Å². The van der Waals surface area contributed by atoms with E-state index in [0.717, 1.165) is 20.6 Å². The van der Waals surface area contributed by atoms with Gasteiger partial charge >= 0.3 is 6.09 Å². The second kappa shape index (κ2) is 8.56. The number of nitrogens with one attached hydrogen (secondary N) is 1. The van der Waals surface area contributed by atoms with Crippen LogP contribution in [0.4, 0.5) is 10.5 Å². The van der Waals surface area contributed by atoms with Gasteiger partial charge in [-0.05, 0) is 49.7 Å². The minimum Gasteiger partial charge on any atom is -0.444 e. The fourth-order valence-electron chi connectivity index (χ4n) is 3.65. The number of carbonyl (C=O) groups excluding carboxylic acids is 2. The maximum Gasteiger partial charge on any atom is 0.407 e. The molecule has 2 amide bonds. The molecule has 0 saturated carbocycles. The Balaban J connectivity index is 1.73. The zero-order valence-electron chi connectivity index (χ0n) is 18.1. The molecular weight excluding hydrogens is 422 g/mol. The topological polar surface area (TPSA) is 82.4 Å². The third-order valence-corrected chi connectivity index (χ3v) is 6.15. The Morgan fingerprint density at radius 1 is 1.12 bits per heavy atom. The van der Waals surface area contributed by atoms with Crippen molar-refractivity contribution in [2.45, 2.75) is 36.2 Å². The van der Waals surface area contributed by atoms with E-state index >= 15 is 0 Å². The summed E-state index contributed by atoms with van der Waals surface area (Å²) in [5, 5.41) is 14.5. The first-order valence-electron chi connectivity index (χ1n) is 10.3. The van der Waals surface area contributed by atoms with Crippen LogP contribution in [0.15, 0.2) is 64.4 Å². The molecule has 162 valence electrons. The molecule has 0 fully saturated rings. The van der Waals surface area contributed by atoms with Crippen LogP contribution in [0, 0.1) is 11.3 Å². The van der Waals surface area contributed by atoms with Crippen LogP contribution >= 0.6 is 11.8 Å². The number of rotatable bonds is 3. The lowest BCUT2D eigenvalue weighted by atomic mass is 10.1. The average molecular weight is 446 g/mol. The van der Waals surface area contributed by atoms with Gasteiger partial charge in [0.2, 0.25) is 0 Å². The van der Waals surface area contributed by atoms with Gasteiger partial charge in [0.25, 0.3) is 5.91 Å². The molecule has 1 heterocycles. The Labute approximate surface area is 191 Å². The predicted octanol–water partition coefficient (Wildman–Crippen LogP) is 5.35. The molecule has 0 bridgehead atoms. The number of nitrogens with zero attached hydrogens (tertiary/aromatic N) is 2. The zero-order chi connectivity index (χ0) is 22.9. The molecule has 32 heavy (non-hydrogen) atoms. The number of anilines is 1. The number of carbonyl (C=O) groups is 2. The minimum absolute atomic E-state index is 0.188. The summed E-state index contributed by atoms with van der Waals surface area (Å²) < 4.78 is 5.29. The molecule has 0 spiro atoms. The third-order valence-electron chi connectivity index (χ3n) is 4.96. The van der Waals surface area contributed by atoms with Crippen molar-refractivity contribution in [2.24, 2.45) is 0 Å². The van der Waals surface area contributed by atoms with Crippen molar-refractivity contribution in [3.8, 4) is 6.07 Å². The van der Waals surface area contributed by atoms with Gasteiger partial charge in [-0.3, -0.25) is 4.79 Å². The van der Waals surface area contributed by atoms with Crippen LogP contribution in [-0.4, -0.2) is 30.7 Å². The van der Waals surface area contributed by atoms with E-state index in [4.69, 9.17) is 4.74 Å². The minimum atomic E-state index is -0.611. The largest absolute Gasteiger partial charge is 0.444 e. The highest BCUT2D eigenvalue weighted by atomic mass is 32.2. The first kappa shape index (κ1) is 21.7. The molecule has 0 radical (unpaired) electrons. The zero-order valence-corrected chi connectivity index (χ0v) is 19.0. The normalized spacial score (nSPS) is 13.1. The quantitative estimate of drug-likeness (QED) is 0.588. The summed E-state index contributed by atoms with van der Waals surface area (Å²) in [5.41, 5.74) is 0.944. The Morgan fingerprint density at radius 3 is 2.66 bits per heavy atom. The van der Waals surface area contributed by atoms with Crippen molar-refractivity contribution in [3.05, 3.63) is 65.7 Å². The van der Waals surface area contributed by atoms with Crippen molar-refractivity contribution in [1.82, 2.24) is 5.32 Å². The summed E-state index contributed by atoms with van der Waals surface area (Å²) in [6, 6.07) is 19.4. The van der Waals surface area contributed by atoms with Crippen molar-refractivity contribution < 1.29 is 14.3 Å². The fourth-order valence-corrected chi connectivity index (χ4v) is 4.89. The van der Waals surface area contributed by atoms with E-state index in [9.17, 15) is 14.9 Å². The number of amides is 2. The van der Waals surface area contributed by atoms with Crippen LogP contribution in [-0.2, 0) is 4.74 Å². The number of alkyl carbamates (subject to hydrolysis) is 1. The molecular formula is C25H23N3O3S. The molecule has 0 aliphatic carbocycles. The smallest absolute Gasteiger partial charge is 0.407 e. The number of benzene rings is 3. The molecule has 3 aromatic rings. The Morgan fingerprint density at radius 2 is 1.91 bits per heavy atom. The van der Waals surface area contributed by atoms with E-state index in [0.29, 0.717) is 16.8 Å². The first-order valence-corrected chi connectivity index (χ1v) is 11.1. The molecule has 0 unspecified atom stereocenters. The van der Waals surface area contributed by atoms with Gasteiger partial charge in [-0.1, -0.05) is 48.2 Å². The molecule has 0 atom stereocenters. The molecule has 0 aromatic heterocycles. The van der Waals surface area contributed by atoms with Gasteiger partial charge in [0.1, 0.15) is 11.7 Å². The second-order valence-electron chi connectivity index (χ2n) is 8.42. The van der Waals surface area contributed by atoms with E-state index < -0.39 is 11.7 Å². The Hall–Kier alpha value is -3.50.